The molecule has 0 fully saturated rings. The largest absolute Gasteiger partial charge is 0.466 e. The molecule has 1 aliphatic rings. The second kappa shape index (κ2) is 7.94. The van der Waals surface area contributed by atoms with E-state index in [2.05, 4.69) is 12.1 Å². The van der Waals surface area contributed by atoms with Gasteiger partial charge in [-0.1, -0.05) is 24.3 Å². The average molecular weight is 305 g/mol. The number of hydrogen-bond acceptors (Lipinski definition) is 4. The molecule has 0 saturated heterocycles. The maximum absolute atomic E-state index is 12.0. The van der Waals surface area contributed by atoms with Crippen LogP contribution in [0.2, 0.25) is 0 Å². The van der Waals surface area contributed by atoms with Crippen molar-refractivity contribution in [1.82, 2.24) is 4.90 Å². The number of ether oxygens (including phenoxy) is 2. The molecule has 1 unspecified atom stereocenters. The molecule has 1 aromatic rings. The number of nitrogens with zero attached hydrogens (tertiary/aromatic N) is 1. The second-order valence-corrected chi connectivity index (χ2v) is 5.49. The van der Waals surface area contributed by atoms with Crippen molar-refractivity contribution >= 4 is 11.9 Å². The van der Waals surface area contributed by atoms with Gasteiger partial charge in [0.05, 0.1) is 25.7 Å². The van der Waals surface area contributed by atoms with E-state index in [-0.39, 0.29) is 30.8 Å². The van der Waals surface area contributed by atoms with Gasteiger partial charge in [-0.3, -0.25) is 9.59 Å². The monoisotopic (exact) mass is 305 g/mol. The number of benzene rings is 1. The van der Waals surface area contributed by atoms with Crippen LogP contribution >= 0.6 is 0 Å². The van der Waals surface area contributed by atoms with E-state index < -0.39 is 0 Å². The number of esters is 1. The van der Waals surface area contributed by atoms with E-state index >= 15 is 0 Å². The zero-order valence-electron chi connectivity index (χ0n) is 13.2. The Morgan fingerprint density at radius 3 is 2.73 bits per heavy atom. The summed E-state index contributed by atoms with van der Waals surface area (Å²) in [7, 11) is 1.75. The fraction of sp³-hybridized carbons (Fsp3) is 0.529. The Morgan fingerprint density at radius 2 is 2.00 bits per heavy atom. The normalized spacial score (nSPS) is 16.7. The van der Waals surface area contributed by atoms with Gasteiger partial charge in [0.15, 0.2) is 0 Å². The van der Waals surface area contributed by atoms with Crippen molar-refractivity contribution in [2.45, 2.75) is 38.9 Å². The molecular weight excluding hydrogens is 282 g/mol. The Bertz CT molecular complexity index is 529. The second-order valence-electron chi connectivity index (χ2n) is 5.49. The van der Waals surface area contributed by atoms with Crippen LogP contribution in [0.5, 0.6) is 0 Å². The van der Waals surface area contributed by atoms with Crippen molar-refractivity contribution in [1.29, 1.82) is 0 Å². The van der Waals surface area contributed by atoms with Gasteiger partial charge in [-0.25, -0.2) is 0 Å². The lowest BCUT2D eigenvalue weighted by molar-refractivity contribution is -0.145. The SMILES string of the molecule is CCOC(=O)CCC(=O)N(C)CC1Cc2ccccc2CO1. The van der Waals surface area contributed by atoms with Crippen LogP contribution in [0.4, 0.5) is 0 Å². The maximum atomic E-state index is 12.0. The summed E-state index contributed by atoms with van der Waals surface area (Å²) in [6, 6.07) is 8.20. The van der Waals surface area contributed by atoms with Crippen LogP contribution < -0.4 is 0 Å². The third kappa shape index (κ3) is 4.56. The molecular formula is C17H23NO4. The van der Waals surface area contributed by atoms with Crippen molar-refractivity contribution in [3.8, 4) is 0 Å². The molecule has 5 heteroatoms. The molecule has 2 rings (SSSR count). The first kappa shape index (κ1) is 16.5. The summed E-state index contributed by atoms with van der Waals surface area (Å²) in [5.41, 5.74) is 2.50. The first-order valence-electron chi connectivity index (χ1n) is 7.68. The van der Waals surface area contributed by atoms with Gasteiger partial charge in [0.25, 0.3) is 0 Å². The Hall–Kier alpha value is -1.88. The quantitative estimate of drug-likeness (QED) is 0.754. The molecule has 0 aromatic heterocycles. The van der Waals surface area contributed by atoms with E-state index in [1.165, 1.54) is 11.1 Å². The lowest BCUT2D eigenvalue weighted by Crippen LogP contribution is -2.38. The van der Waals surface area contributed by atoms with E-state index in [1.54, 1.807) is 18.9 Å². The number of amides is 1. The minimum absolute atomic E-state index is 0.00597. The van der Waals surface area contributed by atoms with Crippen molar-refractivity contribution in [2.75, 3.05) is 20.2 Å². The van der Waals surface area contributed by atoms with Crippen LogP contribution in [0, 0.1) is 0 Å². The van der Waals surface area contributed by atoms with E-state index in [0.29, 0.717) is 19.8 Å². The molecule has 0 radical (unpaired) electrons. The lowest BCUT2D eigenvalue weighted by Gasteiger charge is -2.29. The van der Waals surface area contributed by atoms with Gasteiger partial charge >= 0.3 is 5.97 Å². The molecule has 5 nitrogen and oxygen atoms in total. The predicted octanol–water partition coefficient (Wildman–Crippen LogP) is 1.93. The minimum Gasteiger partial charge on any atom is -0.466 e. The number of carbonyl (C=O) groups is 2. The number of rotatable bonds is 6. The van der Waals surface area contributed by atoms with Crippen LogP contribution in [0.3, 0.4) is 0 Å². The average Bonchev–Trinajstić information content (AvgIpc) is 2.52. The molecule has 0 bridgehead atoms. The Balaban J connectivity index is 1.79. The van der Waals surface area contributed by atoms with Crippen LogP contribution in [-0.4, -0.2) is 43.1 Å². The summed E-state index contributed by atoms with van der Waals surface area (Å²) in [6.07, 6.45) is 1.13. The first-order chi connectivity index (χ1) is 10.6. The minimum atomic E-state index is -0.327. The van der Waals surface area contributed by atoms with Crippen molar-refractivity contribution < 1.29 is 19.1 Å². The molecule has 1 amide bonds. The highest BCUT2D eigenvalue weighted by Gasteiger charge is 2.22. The zero-order chi connectivity index (χ0) is 15.9. The van der Waals surface area contributed by atoms with Gasteiger partial charge in [-0.2, -0.15) is 0 Å². The summed E-state index contributed by atoms with van der Waals surface area (Å²) in [6.45, 7) is 3.23. The van der Waals surface area contributed by atoms with Gasteiger partial charge in [0, 0.05) is 26.4 Å². The van der Waals surface area contributed by atoms with Gasteiger partial charge in [0.1, 0.15) is 0 Å². The van der Waals surface area contributed by atoms with Gasteiger partial charge in [-0.05, 0) is 18.1 Å². The fourth-order valence-corrected chi connectivity index (χ4v) is 2.57. The lowest BCUT2D eigenvalue weighted by atomic mass is 9.99. The van der Waals surface area contributed by atoms with Crippen LogP contribution in [0.1, 0.15) is 30.9 Å². The Kier molecular flexibility index (Phi) is 5.95. The van der Waals surface area contributed by atoms with Crippen molar-refractivity contribution in [2.24, 2.45) is 0 Å². The van der Waals surface area contributed by atoms with E-state index in [4.69, 9.17) is 9.47 Å². The third-order valence-electron chi connectivity index (χ3n) is 3.79. The fourth-order valence-electron chi connectivity index (χ4n) is 2.57. The maximum Gasteiger partial charge on any atom is 0.306 e. The molecule has 0 aliphatic carbocycles. The van der Waals surface area contributed by atoms with Gasteiger partial charge in [-0.15, -0.1) is 0 Å². The van der Waals surface area contributed by atoms with E-state index in [0.717, 1.165) is 6.42 Å². The predicted molar refractivity (Wildman–Crippen MR) is 82.2 cm³/mol. The smallest absolute Gasteiger partial charge is 0.306 e. The molecule has 120 valence electrons. The van der Waals surface area contributed by atoms with E-state index in [9.17, 15) is 9.59 Å². The summed E-state index contributed by atoms with van der Waals surface area (Å²) < 4.78 is 10.6. The highest BCUT2D eigenvalue weighted by atomic mass is 16.5. The van der Waals surface area contributed by atoms with Gasteiger partial charge < -0.3 is 14.4 Å². The molecule has 1 heterocycles. The highest BCUT2D eigenvalue weighted by molar-refractivity contribution is 5.81. The van der Waals surface area contributed by atoms with Crippen molar-refractivity contribution in [3.63, 3.8) is 0 Å². The number of hydrogen-bond donors (Lipinski definition) is 0. The third-order valence-corrected chi connectivity index (χ3v) is 3.79. The Labute approximate surface area is 131 Å². The molecule has 0 saturated carbocycles. The van der Waals surface area contributed by atoms with Crippen LogP contribution in [0.25, 0.3) is 0 Å². The number of fused-ring (bicyclic) bond motifs is 1. The molecule has 1 atom stereocenters. The zero-order valence-corrected chi connectivity index (χ0v) is 13.2. The molecule has 1 aliphatic heterocycles. The summed E-state index contributed by atoms with van der Waals surface area (Å²) in [5, 5.41) is 0. The van der Waals surface area contributed by atoms with Gasteiger partial charge in [0.2, 0.25) is 5.91 Å². The summed E-state index contributed by atoms with van der Waals surface area (Å²) in [4.78, 5) is 25.0. The standard InChI is InChI=1S/C17H23NO4/c1-3-21-17(20)9-8-16(19)18(2)11-15-10-13-6-4-5-7-14(13)12-22-15/h4-7,15H,3,8-12H2,1-2H3. The molecule has 0 spiro atoms. The molecule has 0 N–H and O–H groups in total. The highest BCUT2D eigenvalue weighted by Crippen LogP contribution is 2.20. The first-order valence-corrected chi connectivity index (χ1v) is 7.68. The van der Waals surface area contributed by atoms with Crippen molar-refractivity contribution in [3.05, 3.63) is 35.4 Å². The Morgan fingerprint density at radius 1 is 1.27 bits per heavy atom. The molecule has 1 aromatic carbocycles. The number of carbonyl (C=O) groups excluding carboxylic acids is 2. The number of likely N-dealkylation sites (N-methyl/N-ethyl adjacent to an activating group) is 1. The van der Waals surface area contributed by atoms with E-state index in [1.807, 2.05) is 12.1 Å². The summed E-state index contributed by atoms with van der Waals surface area (Å²) >= 11 is 0. The summed E-state index contributed by atoms with van der Waals surface area (Å²) in [5.74, 6) is -0.386. The molecule has 22 heavy (non-hydrogen) atoms. The topological polar surface area (TPSA) is 55.8 Å². The van der Waals surface area contributed by atoms with Crippen LogP contribution in [0.15, 0.2) is 24.3 Å². The van der Waals surface area contributed by atoms with Crippen LogP contribution in [-0.2, 0) is 32.1 Å².